The molecule has 3 rings (SSSR count). The van der Waals surface area contributed by atoms with Crippen molar-refractivity contribution in [3.8, 4) is 10.4 Å². The van der Waals surface area contributed by atoms with Crippen LogP contribution in [-0.2, 0) is 10.0 Å². The van der Waals surface area contributed by atoms with E-state index in [4.69, 9.17) is 0 Å². The van der Waals surface area contributed by atoms with E-state index < -0.39 is 10.0 Å². The van der Waals surface area contributed by atoms with Gasteiger partial charge in [0.2, 0.25) is 0 Å². The van der Waals surface area contributed by atoms with E-state index in [1.807, 2.05) is 29.6 Å². The molecule has 0 aliphatic rings. The molecule has 0 saturated heterocycles. The highest BCUT2D eigenvalue weighted by molar-refractivity contribution is 9.11. The number of rotatable bonds is 4. The molecule has 0 atom stereocenters. The van der Waals surface area contributed by atoms with Crippen LogP contribution in [-0.4, -0.2) is 8.42 Å². The summed E-state index contributed by atoms with van der Waals surface area (Å²) in [4.78, 5) is 1.16. The fourth-order valence-corrected chi connectivity index (χ4v) is 7.70. The first-order valence-electron chi connectivity index (χ1n) is 6.69. The molecule has 0 saturated carbocycles. The summed E-state index contributed by atoms with van der Waals surface area (Å²) in [7, 11) is -3.76. The van der Waals surface area contributed by atoms with Crippen molar-refractivity contribution in [1.82, 2.24) is 0 Å². The van der Waals surface area contributed by atoms with Crippen LogP contribution in [0.15, 0.2) is 72.2 Å². The first kappa shape index (κ1) is 18.1. The fraction of sp³-hybridized carbons (Fsp3) is 0. The fourth-order valence-electron chi connectivity index (χ4n) is 2.20. The Morgan fingerprint density at radius 3 is 2.21 bits per heavy atom. The number of thiophene rings is 1. The number of sulfonamides is 1. The molecule has 1 heterocycles. The molecule has 3 nitrogen and oxygen atoms in total. The lowest BCUT2D eigenvalue weighted by Crippen LogP contribution is -2.15. The average molecular weight is 552 g/mol. The Kier molecular flexibility index (Phi) is 5.51. The average Bonchev–Trinajstić information content (AvgIpc) is 2.99. The number of hydrogen-bond donors (Lipinski definition) is 1. The molecule has 1 aromatic heterocycles. The topological polar surface area (TPSA) is 46.2 Å². The standard InChI is InChI=1S/C16H10Br3NO2S2/c17-10-8-12(18)16(13(19)9-10)24(21,22)20-14-5-2-1-4-11(14)15-6-3-7-23-15/h1-9,20H. The van der Waals surface area contributed by atoms with Gasteiger partial charge in [0.1, 0.15) is 4.90 Å². The van der Waals surface area contributed by atoms with E-state index in [2.05, 4.69) is 52.5 Å². The van der Waals surface area contributed by atoms with Gasteiger partial charge in [-0.25, -0.2) is 8.42 Å². The van der Waals surface area contributed by atoms with Crippen molar-refractivity contribution in [2.24, 2.45) is 0 Å². The first-order valence-corrected chi connectivity index (χ1v) is 11.4. The van der Waals surface area contributed by atoms with Crippen molar-refractivity contribution < 1.29 is 8.42 Å². The minimum atomic E-state index is -3.76. The van der Waals surface area contributed by atoms with E-state index in [-0.39, 0.29) is 4.90 Å². The van der Waals surface area contributed by atoms with E-state index in [0.717, 1.165) is 14.9 Å². The summed E-state index contributed by atoms with van der Waals surface area (Å²) in [5.74, 6) is 0. The second kappa shape index (κ2) is 7.29. The number of para-hydroxylation sites is 1. The van der Waals surface area contributed by atoms with Gasteiger partial charge in [0.05, 0.1) is 5.69 Å². The Bertz CT molecular complexity index is 963. The molecule has 8 heteroatoms. The van der Waals surface area contributed by atoms with Crippen LogP contribution >= 0.6 is 59.1 Å². The second-order valence-electron chi connectivity index (χ2n) is 4.83. The maximum Gasteiger partial charge on any atom is 0.264 e. The minimum absolute atomic E-state index is 0.159. The molecule has 0 unspecified atom stereocenters. The van der Waals surface area contributed by atoms with Crippen molar-refractivity contribution in [3.63, 3.8) is 0 Å². The van der Waals surface area contributed by atoms with Gasteiger partial charge in [-0.15, -0.1) is 11.3 Å². The third-order valence-electron chi connectivity index (χ3n) is 3.19. The highest BCUT2D eigenvalue weighted by Gasteiger charge is 2.23. The molecule has 2 aromatic carbocycles. The third kappa shape index (κ3) is 3.77. The molecule has 1 N–H and O–H groups in total. The molecular weight excluding hydrogens is 542 g/mol. The van der Waals surface area contributed by atoms with E-state index in [0.29, 0.717) is 14.6 Å². The summed E-state index contributed by atoms with van der Waals surface area (Å²) in [5.41, 5.74) is 1.39. The van der Waals surface area contributed by atoms with Gasteiger partial charge in [0.15, 0.2) is 0 Å². The SMILES string of the molecule is O=S(=O)(Nc1ccccc1-c1cccs1)c1c(Br)cc(Br)cc1Br. The van der Waals surface area contributed by atoms with E-state index in [9.17, 15) is 8.42 Å². The predicted molar refractivity (Wildman–Crippen MR) is 110 cm³/mol. The zero-order chi connectivity index (χ0) is 17.3. The lowest BCUT2D eigenvalue weighted by Gasteiger charge is -2.14. The van der Waals surface area contributed by atoms with Crippen LogP contribution in [0.2, 0.25) is 0 Å². The van der Waals surface area contributed by atoms with Gasteiger partial charge in [0, 0.05) is 23.9 Å². The van der Waals surface area contributed by atoms with E-state index >= 15 is 0 Å². The van der Waals surface area contributed by atoms with Crippen LogP contribution in [0.4, 0.5) is 5.69 Å². The molecule has 0 fully saturated rings. The highest BCUT2D eigenvalue weighted by Crippen LogP contribution is 2.37. The summed E-state index contributed by atoms with van der Waals surface area (Å²) >= 11 is 11.6. The zero-order valence-electron chi connectivity index (χ0n) is 12.0. The van der Waals surface area contributed by atoms with Crippen LogP contribution in [0.1, 0.15) is 0 Å². The molecule has 0 bridgehead atoms. The van der Waals surface area contributed by atoms with Crippen molar-refractivity contribution >= 4 is 74.8 Å². The van der Waals surface area contributed by atoms with Gasteiger partial charge in [-0.1, -0.05) is 40.2 Å². The molecular formula is C16H10Br3NO2S2. The van der Waals surface area contributed by atoms with Crippen LogP contribution < -0.4 is 4.72 Å². The summed E-state index contributed by atoms with van der Waals surface area (Å²) in [5, 5.41) is 1.96. The van der Waals surface area contributed by atoms with E-state index in [1.54, 1.807) is 35.6 Å². The van der Waals surface area contributed by atoms with Crippen molar-refractivity contribution in [2.75, 3.05) is 4.72 Å². The number of benzene rings is 2. The van der Waals surface area contributed by atoms with Gasteiger partial charge in [0.25, 0.3) is 10.0 Å². The maximum absolute atomic E-state index is 12.9. The normalized spacial score (nSPS) is 11.5. The van der Waals surface area contributed by atoms with Gasteiger partial charge >= 0.3 is 0 Å². The van der Waals surface area contributed by atoms with Gasteiger partial charge < -0.3 is 0 Å². The molecule has 0 spiro atoms. The molecule has 0 aliphatic heterocycles. The second-order valence-corrected chi connectivity index (χ2v) is 10.0. The Morgan fingerprint density at radius 2 is 1.58 bits per heavy atom. The van der Waals surface area contributed by atoms with Crippen LogP contribution in [0, 0.1) is 0 Å². The number of hydrogen-bond acceptors (Lipinski definition) is 3. The minimum Gasteiger partial charge on any atom is -0.279 e. The maximum atomic E-state index is 12.9. The molecule has 24 heavy (non-hydrogen) atoms. The van der Waals surface area contributed by atoms with Crippen LogP contribution in [0.3, 0.4) is 0 Å². The first-order chi connectivity index (χ1) is 11.4. The monoisotopic (exact) mass is 549 g/mol. The largest absolute Gasteiger partial charge is 0.279 e. The molecule has 0 radical (unpaired) electrons. The summed E-state index contributed by atoms with van der Waals surface area (Å²) < 4.78 is 30.2. The van der Waals surface area contributed by atoms with Crippen molar-refractivity contribution in [2.45, 2.75) is 4.90 Å². The lowest BCUT2D eigenvalue weighted by molar-refractivity contribution is 0.600. The predicted octanol–water partition coefficient (Wildman–Crippen LogP) is 6.50. The Morgan fingerprint density at radius 1 is 0.917 bits per heavy atom. The van der Waals surface area contributed by atoms with Crippen molar-refractivity contribution in [1.29, 1.82) is 0 Å². The molecule has 0 aliphatic carbocycles. The Balaban J connectivity index is 2.06. The van der Waals surface area contributed by atoms with Crippen LogP contribution in [0.25, 0.3) is 10.4 Å². The van der Waals surface area contributed by atoms with Gasteiger partial charge in [-0.3, -0.25) is 4.72 Å². The number of nitrogens with one attached hydrogen (secondary N) is 1. The number of halogens is 3. The summed E-state index contributed by atoms with van der Waals surface area (Å²) in [6.07, 6.45) is 0. The van der Waals surface area contributed by atoms with Crippen LogP contribution in [0.5, 0.6) is 0 Å². The molecule has 3 aromatic rings. The van der Waals surface area contributed by atoms with Crippen molar-refractivity contribution in [3.05, 3.63) is 67.3 Å². The molecule has 0 amide bonds. The number of anilines is 1. The Labute approximate surface area is 169 Å². The van der Waals surface area contributed by atoms with Gasteiger partial charge in [-0.05, 0) is 61.5 Å². The Hall–Kier alpha value is -0.670. The summed E-state index contributed by atoms with van der Waals surface area (Å²) in [6, 6.07) is 14.6. The summed E-state index contributed by atoms with van der Waals surface area (Å²) in [6.45, 7) is 0. The highest BCUT2D eigenvalue weighted by atomic mass is 79.9. The molecule has 124 valence electrons. The van der Waals surface area contributed by atoms with E-state index in [1.165, 1.54) is 0 Å². The van der Waals surface area contributed by atoms with Gasteiger partial charge in [-0.2, -0.15) is 0 Å². The quantitative estimate of drug-likeness (QED) is 0.402. The zero-order valence-corrected chi connectivity index (χ0v) is 18.4. The lowest BCUT2D eigenvalue weighted by atomic mass is 10.1. The third-order valence-corrected chi connectivity index (χ3v) is 7.79. The smallest absolute Gasteiger partial charge is 0.264 e.